The lowest BCUT2D eigenvalue weighted by atomic mass is 9.89. The standard InChI is InChI=1S/C17H30N2O/c1-2-9-17(8-1)13-18-16(14-5-6-14)12-19(17)10-7-15-4-3-11-20-15/h14-16,18H,1-13H2. The highest BCUT2D eigenvalue weighted by atomic mass is 16.5. The van der Waals surface area contributed by atoms with Crippen LogP contribution < -0.4 is 5.32 Å². The molecule has 20 heavy (non-hydrogen) atoms. The van der Waals surface area contributed by atoms with Crippen molar-refractivity contribution < 1.29 is 4.74 Å². The second-order valence-electron chi connectivity index (χ2n) is 7.63. The minimum atomic E-state index is 0.504. The molecule has 2 unspecified atom stereocenters. The van der Waals surface area contributed by atoms with E-state index in [1.807, 2.05) is 0 Å². The van der Waals surface area contributed by atoms with Gasteiger partial charge in [-0.2, -0.15) is 0 Å². The third-order valence-electron chi connectivity index (χ3n) is 6.25. The summed E-state index contributed by atoms with van der Waals surface area (Å²) in [7, 11) is 0. The number of hydrogen-bond acceptors (Lipinski definition) is 3. The lowest BCUT2D eigenvalue weighted by molar-refractivity contribution is 0.0194. The third-order valence-corrected chi connectivity index (χ3v) is 6.25. The molecule has 1 spiro atoms. The van der Waals surface area contributed by atoms with Crippen molar-refractivity contribution >= 4 is 0 Å². The molecule has 4 aliphatic rings. The molecule has 4 fully saturated rings. The van der Waals surface area contributed by atoms with Gasteiger partial charge in [-0.05, 0) is 50.9 Å². The Morgan fingerprint density at radius 1 is 1.10 bits per heavy atom. The molecule has 0 bridgehead atoms. The molecule has 2 aliphatic carbocycles. The predicted molar refractivity (Wildman–Crippen MR) is 80.9 cm³/mol. The zero-order valence-corrected chi connectivity index (χ0v) is 12.8. The predicted octanol–water partition coefficient (Wildman–Crippen LogP) is 2.55. The van der Waals surface area contributed by atoms with Crippen LogP contribution in [-0.4, -0.2) is 48.8 Å². The van der Waals surface area contributed by atoms with Crippen molar-refractivity contribution in [1.82, 2.24) is 10.2 Å². The van der Waals surface area contributed by atoms with Gasteiger partial charge in [0, 0.05) is 37.8 Å². The van der Waals surface area contributed by atoms with Crippen LogP contribution in [0.2, 0.25) is 0 Å². The fourth-order valence-electron chi connectivity index (χ4n) is 4.77. The third kappa shape index (κ3) is 2.65. The van der Waals surface area contributed by atoms with Crippen LogP contribution >= 0.6 is 0 Å². The van der Waals surface area contributed by atoms with E-state index in [-0.39, 0.29) is 0 Å². The maximum atomic E-state index is 5.84. The molecule has 4 rings (SSSR count). The molecular formula is C17H30N2O. The Labute approximate surface area is 123 Å². The van der Waals surface area contributed by atoms with E-state index in [1.165, 1.54) is 77.4 Å². The Morgan fingerprint density at radius 3 is 2.65 bits per heavy atom. The number of piperazine rings is 1. The number of nitrogens with zero attached hydrogens (tertiary/aromatic N) is 1. The molecule has 0 aromatic heterocycles. The summed E-state index contributed by atoms with van der Waals surface area (Å²) in [5.41, 5.74) is 0.504. The Hall–Kier alpha value is -0.120. The minimum absolute atomic E-state index is 0.504. The van der Waals surface area contributed by atoms with E-state index in [4.69, 9.17) is 4.74 Å². The van der Waals surface area contributed by atoms with Crippen LogP contribution in [0.1, 0.15) is 57.8 Å². The van der Waals surface area contributed by atoms with Crippen LogP contribution in [0.15, 0.2) is 0 Å². The van der Waals surface area contributed by atoms with E-state index >= 15 is 0 Å². The maximum absolute atomic E-state index is 5.84. The SMILES string of the molecule is C1COC(CCN2CC(C3CC3)NCC23CCCC3)C1. The first-order valence-electron chi connectivity index (χ1n) is 8.96. The summed E-state index contributed by atoms with van der Waals surface area (Å²) in [5, 5.41) is 3.90. The van der Waals surface area contributed by atoms with Crippen LogP contribution in [0.4, 0.5) is 0 Å². The van der Waals surface area contributed by atoms with Crippen LogP contribution in [0.3, 0.4) is 0 Å². The molecule has 2 aliphatic heterocycles. The van der Waals surface area contributed by atoms with Gasteiger partial charge in [0.2, 0.25) is 0 Å². The van der Waals surface area contributed by atoms with Crippen molar-refractivity contribution in [2.24, 2.45) is 5.92 Å². The van der Waals surface area contributed by atoms with Gasteiger partial charge < -0.3 is 10.1 Å². The van der Waals surface area contributed by atoms with Gasteiger partial charge in [0.1, 0.15) is 0 Å². The number of rotatable bonds is 4. The Balaban J connectivity index is 1.39. The minimum Gasteiger partial charge on any atom is -0.378 e. The van der Waals surface area contributed by atoms with E-state index in [9.17, 15) is 0 Å². The topological polar surface area (TPSA) is 24.5 Å². The van der Waals surface area contributed by atoms with Crippen LogP contribution in [-0.2, 0) is 4.74 Å². The summed E-state index contributed by atoms with van der Waals surface area (Å²) in [4.78, 5) is 2.88. The van der Waals surface area contributed by atoms with Gasteiger partial charge in [-0.3, -0.25) is 4.90 Å². The first-order chi connectivity index (χ1) is 9.86. The Bertz CT molecular complexity index is 330. The van der Waals surface area contributed by atoms with Gasteiger partial charge >= 0.3 is 0 Å². The van der Waals surface area contributed by atoms with Gasteiger partial charge in [-0.1, -0.05) is 12.8 Å². The second-order valence-corrected chi connectivity index (χ2v) is 7.63. The molecule has 114 valence electrons. The molecule has 0 radical (unpaired) electrons. The van der Waals surface area contributed by atoms with E-state index in [1.54, 1.807) is 0 Å². The molecular weight excluding hydrogens is 248 g/mol. The summed E-state index contributed by atoms with van der Waals surface area (Å²) < 4.78 is 5.84. The van der Waals surface area contributed by atoms with Crippen LogP contribution in [0.5, 0.6) is 0 Å². The van der Waals surface area contributed by atoms with Crippen molar-refractivity contribution in [2.75, 3.05) is 26.2 Å². The van der Waals surface area contributed by atoms with Crippen molar-refractivity contribution in [3.05, 3.63) is 0 Å². The average molecular weight is 278 g/mol. The van der Waals surface area contributed by atoms with E-state index in [0.29, 0.717) is 11.6 Å². The zero-order valence-electron chi connectivity index (χ0n) is 12.8. The van der Waals surface area contributed by atoms with E-state index in [2.05, 4.69) is 10.2 Å². The molecule has 1 N–H and O–H groups in total. The van der Waals surface area contributed by atoms with Gasteiger partial charge in [0.15, 0.2) is 0 Å². The Kier molecular flexibility index (Phi) is 3.78. The number of ether oxygens (including phenoxy) is 1. The van der Waals surface area contributed by atoms with Gasteiger partial charge in [-0.15, -0.1) is 0 Å². The van der Waals surface area contributed by atoms with Gasteiger partial charge in [-0.25, -0.2) is 0 Å². The maximum Gasteiger partial charge on any atom is 0.0588 e. The highest BCUT2D eigenvalue weighted by molar-refractivity contribution is 5.04. The number of hydrogen-bond donors (Lipinski definition) is 1. The molecule has 2 atom stereocenters. The average Bonchev–Trinajstić information content (AvgIpc) is 2.99. The summed E-state index contributed by atoms with van der Waals surface area (Å²) >= 11 is 0. The van der Waals surface area contributed by atoms with Crippen molar-refractivity contribution in [1.29, 1.82) is 0 Å². The van der Waals surface area contributed by atoms with Gasteiger partial charge in [0.25, 0.3) is 0 Å². The second kappa shape index (κ2) is 5.58. The molecule has 2 heterocycles. The smallest absolute Gasteiger partial charge is 0.0588 e. The fourth-order valence-corrected chi connectivity index (χ4v) is 4.77. The summed E-state index contributed by atoms with van der Waals surface area (Å²) in [6.07, 6.45) is 13.0. The van der Waals surface area contributed by atoms with Gasteiger partial charge in [0.05, 0.1) is 6.10 Å². The van der Waals surface area contributed by atoms with Crippen molar-refractivity contribution in [3.63, 3.8) is 0 Å². The van der Waals surface area contributed by atoms with Crippen molar-refractivity contribution in [2.45, 2.75) is 75.5 Å². The Morgan fingerprint density at radius 2 is 1.95 bits per heavy atom. The normalized spacial score (nSPS) is 37.8. The quantitative estimate of drug-likeness (QED) is 0.855. The zero-order chi connectivity index (χ0) is 13.4. The van der Waals surface area contributed by atoms with Crippen molar-refractivity contribution in [3.8, 4) is 0 Å². The molecule has 3 nitrogen and oxygen atoms in total. The number of nitrogens with one attached hydrogen (secondary N) is 1. The largest absolute Gasteiger partial charge is 0.378 e. The first kappa shape index (κ1) is 13.5. The molecule has 0 aromatic rings. The van der Waals surface area contributed by atoms with Crippen LogP contribution in [0.25, 0.3) is 0 Å². The van der Waals surface area contributed by atoms with E-state index < -0.39 is 0 Å². The molecule has 2 saturated carbocycles. The summed E-state index contributed by atoms with van der Waals surface area (Å²) in [5.74, 6) is 0.985. The lowest BCUT2D eigenvalue weighted by Gasteiger charge is -2.49. The lowest BCUT2D eigenvalue weighted by Crippen LogP contribution is -2.64. The fraction of sp³-hybridized carbons (Fsp3) is 1.00. The molecule has 3 heteroatoms. The summed E-state index contributed by atoms with van der Waals surface area (Å²) in [6.45, 7) is 4.83. The van der Waals surface area contributed by atoms with E-state index in [0.717, 1.165) is 18.6 Å². The highest BCUT2D eigenvalue weighted by Gasteiger charge is 2.46. The van der Waals surface area contributed by atoms with Crippen LogP contribution in [0, 0.1) is 5.92 Å². The molecule has 0 amide bonds. The summed E-state index contributed by atoms with van der Waals surface area (Å²) in [6, 6.07) is 0.783. The first-order valence-corrected chi connectivity index (χ1v) is 8.96. The molecule has 2 saturated heterocycles. The monoisotopic (exact) mass is 278 g/mol. The highest BCUT2D eigenvalue weighted by Crippen LogP contribution is 2.41. The molecule has 0 aromatic carbocycles.